The molecule has 2 rings (SSSR count). The van der Waals surface area contributed by atoms with E-state index in [4.69, 9.17) is 5.11 Å². The summed E-state index contributed by atoms with van der Waals surface area (Å²) in [6.45, 7) is 3.35. The van der Waals surface area contributed by atoms with Gasteiger partial charge in [-0.1, -0.05) is 30.3 Å². The normalized spacial score (nSPS) is 17.5. The van der Waals surface area contributed by atoms with Crippen molar-refractivity contribution in [2.45, 2.75) is 25.7 Å². The molecule has 0 atom stereocenters. The number of aliphatic hydroxyl groups is 1. The summed E-state index contributed by atoms with van der Waals surface area (Å²) in [5.74, 6) is 0.493. The highest BCUT2D eigenvalue weighted by atomic mass is 16.2. The maximum atomic E-state index is 12.3. The van der Waals surface area contributed by atoms with E-state index in [1.165, 1.54) is 0 Å². The summed E-state index contributed by atoms with van der Waals surface area (Å²) >= 11 is 0. The first-order valence-electron chi connectivity index (χ1n) is 7.23. The van der Waals surface area contributed by atoms with Crippen molar-refractivity contribution in [3.05, 3.63) is 35.9 Å². The van der Waals surface area contributed by atoms with Gasteiger partial charge in [-0.25, -0.2) is 0 Å². The number of hydrogen-bond donors (Lipinski definition) is 1. The van der Waals surface area contributed by atoms with Crippen molar-refractivity contribution in [1.82, 2.24) is 4.90 Å². The van der Waals surface area contributed by atoms with Crippen LogP contribution in [-0.2, 0) is 0 Å². The Labute approximate surface area is 115 Å². The van der Waals surface area contributed by atoms with Crippen LogP contribution in [0.1, 0.15) is 36.0 Å². The molecule has 104 valence electrons. The van der Waals surface area contributed by atoms with Gasteiger partial charge in [0.05, 0.1) is 0 Å². The van der Waals surface area contributed by atoms with Crippen LogP contribution in [-0.4, -0.2) is 42.0 Å². The number of rotatable bonds is 6. The van der Waals surface area contributed by atoms with Gasteiger partial charge in [-0.2, -0.15) is 0 Å². The molecule has 1 aliphatic rings. The molecule has 3 nitrogen and oxygen atoms in total. The summed E-state index contributed by atoms with van der Waals surface area (Å²) in [5.41, 5.74) is 0.848. The summed E-state index contributed by atoms with van der Waals surface area (Å²) in [7, 11) is 0. The zero-order valence-corrected chi connectivity index (χ0v) is 11.4. The van der Waals surface area contributed by atoms with E-state index in [1.54, 1.807) is 0 Å². The summed E-state index contributed by atoms with van der Waals surface area (Å²) in [6, 6.07) is 9.63. The van der Waals surface area contributed by atoms with Crippen LogP contribution in [0.15, 0.2) is 30.3 Å². The number of likely N-dealkylation sites (tertiary alicyclic amines) is 1. The molecule has 0 aromatic heterocycles. The Balaban J connectivity index is 1.78. The molecule has 3 heteroatoms. The summed E-state index contributed by atoms with van der Waals surface area (Å²) in [5, 5.41) is 8.77. The lowest BCUT2D eigenvalue weighted by atomic mass is 9.89. The van der Waals surface area contributed by atoms with Crippen LogP contribution in [0.3, 0.4) is 0 Å². The Kier molecular flexibility index (Phi) is 5.55. The lowest BCUT2D eigenvalue weighted by molar-refractivity contribution is 0.0838. The molecule has 1 heterocycles. The van der Waals surface area contributed by atoms with E-state index in [9.17, 15) is 4.79 Å². The lowest BCUT2D eigenvalue weighted by Crippen LogP contribution is -2.37. The van der Waals surface area contributed by atoms with E-state index in [0.717, 1.165) is 50.9 Å². The van der Waals surface area contributed by atoms with Crippen LogP contribution in [0.2, 0.25) is 0 Å². The maximum absolute atomic E-state index is 12.3. The minimum Gasteiger partial charge on any atom is -0.396 e. The predicted octanol–water partition coefficient (Wildman–Crippen LogP) is 2.35. The molecule has 0 spiro atoms. The molecule has 0 aliphatic carbocycles. The number of unbranched alkanes of at least 4 members (excludes halogenated alkanes) is 1. The van der Waals surface area contributed by atoms with Crippen molar-refractivity contribution in [3.63, 3.8) is 0 Å². The Morgan fingerprint density at radius 3 is 2.47 bits per heavy atom. The number of benzene rings is 1. The van der Waals surface area contributed by atoms with Crippen LogP contribution in [0, 0.1) is 5.92 Å². The van der Waals surface area contributed by atoms with Gasteiger partial charge in [-0.3, -0.25) is 4.79 Å². The smallest absolute Gasteiger partial charge is 0.166 e. The number of Topliss-reactive ketones (excluding diaryl/α,β-unsaturated/α-hetero) is 1. The molecular weight excluding hydrogens is 238 g/mol. The third-order valence-electron chi connectivity index (χ3n) is 3.90. The zero-order chi connectivity index (χ0) is 13.5. The van der Waals surface area contributed by atoms with Gasteiger partial charge >= 0.3 is 0 Å². The molecule has 0 radical (unpaired) electrons. The number of carbonyl (C=O) groups excluding carboxylic acids is 1. The average molecular weight is 261 g/mol. The second kappa shape index (κ2) is 7.41. The molecule has 19 heavy (non-hydrogen) atoms. The number of piperidine rings is 1. The van der Waals surface area contributed by atoms with E-state index in [1.807, 2.05) is 30.3 Å². The molecule has 0 unspecified atom stereocenters. The van der Waals surface area contributed by atoms with E-state index in [-0.39, 0.29) is 12.5 Å². The lowest BCUT2D eigenvalue weighted by Gasteiger charge is -2.31. The van der Waals surface area contributed by atoms with E-state index < -0.39 is 0 Å². The maximum Gasteiger partial charge on any atom is 0.166 e. The second-order valence-electron chi connectivity index (χ2n) is 5.28. The summed E-state index contributed by atoms with van der Waals surface area (Å²) < 4.78 is 0. The molecule has 1 aromatic rings. The van der Waals surface area contributed by atoms with E-state index in [2.05, 4.69) is 4.90 Å². The van der Waals surface area contributed by atoms with Gasteiger partial charge in [-0.05, 0) is 45.3 Å². The van der Waals surface area contributed by atoms with Gasteiger partial charge in [0.15, 0.2) is 5.78 Å². The fourth-order valence-electron chi connectivity index (χ4n) is 2.70. The van der Waals surface area contributed by atoms with E-state index >= 15 is 0 Å². The minimum atomic E-state index is 0.191. The highest BCUT2D eigenvalue weighted by molar-refractivity contribution is 5.97. The molecular formula is C16H23NO2. The minimum absolute atomic E-state index is 0.191. The molecule has 0 bridgehead atoms. The first kappa shape index (κ1) is 14.2. The van der Waals surface area contributed by atoms with Crippen molar-refractivity contribution in [2.24, 2.45) is 5.92 Å². The van der Waals surface area contributed by atoms with Gasteiger partial charge in [0.1, 0.15) is 0 Å². The molecule has 1 fully saturated rings. The van der Waals surface area contributed by atoms with Gasteiger partial charge in [0, 0.05) is 18.1 Å². The summed E-state index contributed by atoms with van der Waals surface area (Å²) in [6.07, 6.45) is 3.86. The van der Waals surface area contributed by atoms with Crippen LogP contribution in [0.4, 0.5) is 0 Å². The van der Waals surface area contributed by atoms with Crippen LogP contribution in [0.5, 0.6) is 0 Å². The van der Waals surface area contributed by atoms with Gasteiger partial charge < -0.3 is 10.0 Å². The molecule has 0 amide bonds. The number of hydrogen-bond acceptors (Lipinski definition) is 3. The third kappa shape index (κ3) is 4.15. The monoisotopic (exact) mass is 261 g/mol. The predicted molar refractivity (Wildman–Crippen MR) is 76.3 cm³/mol. The zero-order valence-electron chi connectivity index (χ0n) is 11.4. The average Bonchev–Trinajstić information content (AvgIpc) is 2.48. The topological polar surface area (TPSA) is 40.5 Å². The highest BCUT2D eigenvalue weighted by Gasteiger charge is 2.25. The standard InChI is InChI=1S/C16H23NO2/c18-13-5-4-10-17-11-8-15(9-12-17)16(19)14-6-2-1-3-7-14/h1-3,6-7,15,18H,4-5,8-13H2. The van der Waals surface area contributed by atoms with Gasteiger partial charge in [-0.15, -0.1) is 0 Å². The fraction of sp³-hybridized carbons (Fsp3) is 0.562. The number of nitrogens with zero attached hydrogens (tertiary/aromatic N) is 1. The van der Waals surface area contributed by atoms with Gasteiger partial charge in [0.25, 0.3) is 0 Å². The van der Waals surface area contributed by atoms with Gasteiger partial charge in [0.2, 0.25) is 0 Å². The number of ketones is 1. The second-order valence-corrected chi connectivity index (χ2v) is 5.28. The largest absolute Gasteiger partial charge is 0.396 e. The molecule has 0 saturated carbocycles. The number of aliphatic hydroxyl groups excluding tert-OH is 1. The van der Waals surface area contributed by atoms with Crippen LogP contribution in [0.25, 0.3) is 0 Å². The molecule has 1 aliphatic heterocycles. The van der Waals surface area contributed by atoms with Crippen molar-refractivity contribution in [3.8, 4) is 0 Å². The first-order valence-corrected chi connectivity index (χ1v) is 7.23. The first-order chi connectivity index (χ1) is 9.31. The molecule has 1 aromatic carbocycles. The Bertz CT molecular complexity index is 383. The van der Waals surface area contributed by atoms with Crippen molar-refractivity contribution >= 4 is 5.78 Å². The highest BCUT2D eigenvalue weighted by Crippen LogP contribution is 2.21. The molecule has 1 N–H and O–H groups in total. The number of carbonyl (C=O) groups is 1. The van der Waals surface area contributed by atoms with Crippen molar-refractivity contribution in [2.75, 3.05) is 26.2 Å². The molecule has 1 saturated heterocycles. The quantitative estimate of drug-likeness (QED) is 0.631. The Morgan fingerprint density at radius 2 is 1.84 bits per heavy atom. The van der Waals surface area contributed by atoms with E-state index in [0.29, 0.717) is 5.78 Å². The van der Waals surface area contributed by atoms with Crippen molar-refractivity contribution in [1.29, 1.82) is 0 Å². The Hall–Kier alpha value is -1.19. The Morgan fingerprint density at radius 1 is 1.16 bits per heavy atom. The fourth-order valence-corrected chi connectivity index (χ4v) is 2.70. The SMILES string of the molecule is O=C(c1ccccc1)C1CCN(CCCCO)CC1. The van der Waals surface area contributed by atoms with Crippen LogP contribution < -0.4 is 0 Å². The summed E-state index contributed by atoms with van der Waals surface area (Å²) in [4.78, 5) is 14.7. The third-order valence-corrected chi connectivity index (χ3v) is 3.90. The van der Waals surface area contributed by atoms with Crippen LogP contribution >= 0.6 is 0 Å². The van der Waals surface area contributed by atoms with Crippen molar-refractivity contribution < 1.29 is 9.90 Å².